The van der Waals surface area contributed by atoms with Gasteiger partial charge in [-0.15, -0.1) is 0 Å². The summed E-state index contributed by atoms with van der Waals surface area (Å²) >= 11 is 0. The molecular weight excluding hydrogens is 396 g/mol. The first-order valence-corrected chi connectivity index (χ1v) is 12.9. The Hall–Kier alpha value is -1.92. The van der Waals surface area contributed by atoms with Crippen molar-refractivity contribution in [3.05, 3.63) is 48.0 Å². The van der Waals surface area contributed by atoms with E-state index in [0.29, 0.717) is 19.5 Å². The Morgan fingerprint density at radius 2 is 1.70 bits per heavy atom. The largest absolute Gasteiger partial charge is 0.335 e. The van der Waals surface area contributed by atoms with Gasteiger partial charge in [-0.3, -0.25) is 9.69 Å². The zero-order valence-electron chi connectivity index (χ0n) is 17.8. The molecule has 1 atom stereocenters. The lowest BCUT2D eigenvalue weighted by Crippen LogP contribution is -2.51. The number of likely N-dealkylation sites (N-methyl/N-ethyl adjacent to an activating group) is 1. The molecule has 1 amide bonds. The molecule has 30 heavy (non-hydrogen) atoms. The highest BCUT2D eigenvalue weighted by molar-refractivity contribution is 7.91. The third-order valence-electron chi connectivity index (χ3n) is 6.53. The lowest BCUT2D eigenvalue weighted by atomic mass is 9.92. The van der Waals surface area contributed by atoms with E-state index >= 15 is 0 Å². The predicted octanol–water partition coefficient (Wildman–Crippen LogP) is 3.62. The summed E-state index contributed by atoms with van der Waals surface area (Å²) in [6, 6.07) is 14.7. The molecule has 1 unspecified atom stereocenters. The third-order valence-corrected chi connectivity index (χ3v) is 8.28. The van der Waals surface area contributed by atoms with Gasteiger partial charge in [0.15, 0.2) is 9.84 Å². The van der Waals surface area contributed by atoms with Gasteiger partial charge in [-0.05, 0) is 48.7 Å². The van der Waals surface area contributed by atoms with Crippen LogP contribution in [0.5, 0.6) is 0 Å². The first-order valence-electron chi connectivity index (χ1n) is 11.1. The van der Waals surface area contributed by atoms with Crippen molar-refractivity contribution in [2.24, 2.45) is 0 Å². The van der Waals surface area contributed by atoms with Gasteiger partial charge in [0.25, 0.3) is 0 Å². The predicted molar refractivity (Wildman–Crippen MR) is 121 cm³/mol. The molecule has 5 nitrogen and oxygen atoms in total. The molecule has 6 heteroatoms. The molecule has 0 aromatic heterocycles. The fraction of sp³-hybridized carbons (Fsp3) is 0.542. The lowest BCUT2D eigenvalue weighted by Gasteiger charge is -2.39. The molecule has 162 valence electrons. The minimum absolute atomic E-state index is 0.0762. The average molecular weight is 429 g/mol. The second kappa shape index (κ2) is 9.06. The van der Waals surface area contributed by atoms with Crippen LogP contribution in [0.2, 0.25) is 0 Å². The number of nitrogens with zero attached hydrogens (tertiary/aromatic N) is 2. The molecule has 2 aromatic rings. The Morgan fingerprint density at radius 1 is 0.967 bits per heavy atom. The summed E-state index contributed by atoms with van der Waals surface area (Å²) in [5, 5.41) is 2.42. The average Bonchev–Trinajstić information content (AvgIpc) is 3.08. The van der Waals surface area contributed by atoms with E-state index in [4.69, 9.17) is 0 Å². The van der Waals surface area contributed by atoms with E-state index in [0.717, 1.165) is 25.7 Å². The van der Waals surface area contributed by atoms with E-state index in [1.54, 1.807) is 0 Å². The van der Waals surface area contributed by atoms with Crippen LogP contribution in [0.1, 0.15) is 44.1 Å². The highest BCUT2D eigenvalue weighted by Gasteiger charge is 2.38. The number of rotatable bonds is 6. The van der Waals surface area contributed by atoms with Crippen LogP contribution >= 0.6 is 0 Å². The maximum Gasteiger partial charge on any atom is 0.237 e. The quantitative estimate of drug-likeness (QED) is 0.705. The normalized spacial score (nSPS) is 21.9. The third kappa shape index (κ3) is 5.03. The zero-order valence-corrected chi connectivity index (χ0v) is 18.6. The van der Waals surface area contributed by atoms with Gasteiger partial charge < -0.3 is 4.90 Å². The number of amides is 1. The van der Waals surface area contributed by atoms with Crippen molar-refractivity contribution in [2.75, 3.05) is 25.1 Å². The van der Waals surface area contributed by atoms with Crippen LogP contribution in [0.25, 0.3) is 10.8 Å². The molecule has 1 heterocycles. The fourth-order valence-electron chi connectivity index (χ4n) is 5.08. The van der Waals surface area contributed by atoms with Crippen molar-refractivity contribution in [3.63, 3.8) is 0 Å². The molecule has 1 aliphatic carbocycles. The highest BCUT2D eigenvalue weighted by Crippen LogP contribution is 2.28. The number of hydrogen-bond acceptors (Lipinski definition) is 4. The monoisotopic (exact) mass is 428 g/mol. The molecule has 4 rings (SSSR count). The van der Waals surface area contributed by atoms with Gasteiger partial charge in [0.1, 0.15) is 0 Å². The number of hydrogen-bond donors (Lipinski definition) is 0. The first kappa shape index (κ1) is 21.3. The van der Waals surface area contributed by atoms with Crippen LogP contribution < -0.4 is 0 Å². The molecular formula is C24H32N2O3S. The van der Waals surface area contributed by atoms with E-state index in [1.165, 1.54) is 22.8 Å². The molecule has 1 saturated carbocycles. The van der Waals surface area contributed by atoms with Crippen molar-refractivity contribution < 1.29 is 13.2 Å². The molecule has 0 bridgehead atoms. The minimum Gasteiger partial charge on any atom is -0.335 e. The fourth-order valence-corrected chi connectivity index (χ4v) is 6.79. The van der Waals surface area contributed by atoms with Gasteiger partial charge in [0.2, 0.25) is 5.91 Å². The van der Waals surface area contributed by atoms with Gasteiger partial charge in [-0.2, -0.15) is 0 Å². The van der Waals surface area contributed by atoms with Crippen molar-refractivity contribution in [1.29, 1.82) is 0 Å². The van der Waals surface area contributed by atoms with Crippen LogP contribution in [-0.4, -0.2) is 61.3 Å². The summed E-state index contributed by atoms with van der Waals surface area (Å²) in [4.78, 5) is 17.3. The minimum atomic E-state index is -3.02. The molecule has 2 aromatic carbocycles. The van der Waals surface area contributed by atoms with Crippen LogP contribution in [-0.2, 0) is 21.2 Å². The summed E-state index contributed by atoms with van der Waals surface area (Å²) in [5.74, 6) is 0.414. The van der Waals surface area contributed by atoms with E-state index in [2.05, 4.69) is 30.3 Å². The van der Waals surface area contributed by atoms with Gasteiger partial charge in [0, 0.05) is 18.6 Å². The van der Waals surface area contributed by atoms with Crippen molar-refractivity contribution in [1.82, 2.24) is 9.80 Å². The van der Waals surface area contributed by atoms with Gasteiger partial charge in [-0.25, -0.2) is 8.42 Å². The maximum absolute atomic E-state index is 13.3. The Morgan fingerprint density at radius 3 is 2.40 bits per heavy atom. The number of carbonyl (C=O) groups excluding carboxylic acids is 1. The molecule has 0 N–H and O–H groups in total. The van der Waals surface area contributed by atoms with Crippen molar-refractivity contribution in [3.8, 4) is 0 Å². The molecule has 0 spiro atoms. The topological polar surface area (TPSA) is 57.7 Å². The summed E-state index contributed by atoms with van der Waals surface area (Å²) in [6.45, 7) is 1.01. The highest BCUT2D eigenvalue weighted by atomic mass is 32.2. The standard InChI is InChI=1S/C24H32N2O3S/c1-25(16-19-11-12-20-7-5-6-8-21(20)15-19)17-24(27)26(22-9-3-2-4-10-22)23-13-14-30(28,29)18-23/h5-8,11-12,15,22-23H,2-4,9-10,13-14,16-18H2,1H3. The van der Waals surface area contributed by atoms with Crippen LogP contribution in [0.15, 0.2) is 42.5 Å². The van der Waals surface area contributed by atoms with E-state index in [-0.39, 0.29) is 29.5 Å². The van der Waals surface area contributed by atoms with Gasteiger partial charge in [-0.1, -0.05) is 55.7 Å². The second-order valence-electron chi connectivity index (χ2n) is 9.00. The Balaban J connectivity index is 1.45. The number of sulfone groups is 1. The molecule has 0 radical (unpaired) electrons. The molecule has 2 aliphatic rings. The number of carbonyl (C=O) groups is 1. The zero-order chi connectivity index (χ0) is 21.1. The van der Waals surface area contributed by atoms with E-state index in [1.807, 2.05) is 29.0 Å². The van der Waals surface area contributed by atoms with Crippen LogP contribution in [0, 0.1) is 0 Å². The second-order valence-corrected chi connectivity index (χ2v) is 11.2. The molecule has 1 saturated heterocycles. The Labute approximate surface area is 180 Å². The van der Waals surface area contributed by atoms with Crippen molar-refractivity contribution >= 4 is 26.5 Å². The lowest BCUT2D eigenvalue weighted by molar-refractivity contribution is -0.137. The van der Waals surface area contributed by atoms with Gasteiger partial charge in [0.05, 0.1) is 18.1 Å². The maximum atomic E-state index is 13.3. The number of fused-ring (bicyclic) bond motifs is 1. The van der Waals surface area contributed by atoms with Crippen LogP contribution in [0.4, 0.5) is 0 Å². The Kier molecular flexibility index (Phi) is 6.44. The van der Waals surface area contributed by atoms with Crippen molar-refractivity contribution in [2.45, 2.75) is 57.2 Å². The summed E-state index contributed by atoms with van der Waals surface area (Å²) in [7, 11) is -1.05. The molecule has 1 aliphatic heterocycles. The smallest absolute Gasteiger partial charge is 0.237 e. The Bertz CT molecular complexity index is 998. The van der Waals surface area contributed by atoms with E-state index < -0.39 is 9.84 Å². The number of benzene rings is 2. The molecule has 2 fully saturated rings. The summed E-state index contributed by atoms with van der Waals surface area (Å²) in [6.07, 6.45) is 6.04. The van der Waals surface area contributed by atoms with Crippen LogP contribution in [0.3, 0.4) is 0 Å². The summed E-state index contributed by atoms with van der Waals surface area (Å²) in [5.41, 5.74) is 1.18. The first-order chi connectivity index (χ1) is 14.4. The summed E-state index contributed by atoms with van der Waals surface area (Å²) < 4.78 is 24.1. The SMILES string of the molecule is CN(CC(=O)N(C1CCCCC1)C1CCS(=O)(=O)C1)Cc1ccc2ccccc2c1. The van der Waals surface area contributed by atoms with E-state index in [9.17, 15) is 13.2 Å². The van der Waals surface area contributed by atoms with Gasteiger partial charge >= 0.3 is 0 Å².